The maximum absolute atomic E-state index is 3.66. The van der Waals surface area contributed by atoms with Crippen LogP contribution in [0.25, 0.3) is 0 Å². The number of hydrogen-bond acceptors (Lipinski definition) is 2. The van der Waals surface area contributed by atoms with Crippen molar-refractivity contribution in [3.63, 3.8) is 0 Å². The van der Waals surface area contributed by atoms with Gasteiger partial charge in [-0.05, 0) is 41.7 Å². The number of anilines is 1. The van der Waals surface area contributed by atoms with Gasteiger partial charge in [-0.2, -0.15) is 0 Å². The summed E-state index contributed by atoms with van der Waals surface area (Å²) in [6.07, 6.45) is 2.70. The molecule has 0 aliphatic carbocycles. The Kier molecular flexibility index (Phi) is 4.26. The van der Waals surface area contributed by atoms with Crippen molar-refractivity contribution in [2.75, 3.05) is 24.5 Å². The smallest absolute Gasteiger partial charge is 0.177 e. The lowest BCUT2D eigenvalue weighted by molar-refractivity contribution is 0.177. The second-order valence-electron chi connectivity index (χ2n) is 7.26. The molecule has 2 saturated heterocycles. The van der Waals surface area contributed by atoms with Crippen LogP contribution in [0.4, 0.5) is 5.69 Å². The molecule has 2 aliphatic heterocycles. The van der Waals surface area contributed by atoms with Crippen LogP contribution in [0, 0.1) is 12.6 Å². The second-order valence-corrected chi connectivity index (χ2v) is 7.26. The molecule has 0 N–H and O–H groups in total. The average Bonchev–Trinajstić information content (AvgIpc) is 2.45. The van der Waals surface area contributed by atoms with Gasteiger partial charge in [-0.1, -0.05) is 45.9 Å². The first-order valence-corrected chi connectivity index (χ1v) is 8.48. The van der Waals surface area contributed by atoms with Crippen molar-refractivity contribution in [2.24, 2.45) is 5.92 Å². The number of rotatable bonds is 3. The second kappa shape index (κ2) is 6.00. The highest BCUT2D eigenvalue weighted by atomic mass is 15.3. The first-order chi connectivity index (χ1) is 10.1. The number of nitrogens with zero attached hydrogens (tertiary/aromatic N) is 2. The van der Waals surface area contributed by atoms with E-state index in [1.807, 2.05) is 0 Å². The molecule has 2 heteroatoms. The van der Waals surface area contributed by atoms with Gasteiger partial charge in [-0.15, -0.1) is 0 Å². The highest BCUT2D eigenvalue weighted by Gasteiger charge is 2.32. The normalized spacial score (nSPS) is 25.7. The Morgan fingerprint density at radius 3 is 2.29 bits per heavy atom. The van der Waals surface area contributed by atoms with Gasteiger partial charge in [0, 0.05) is 25.3 Å². The quantitative estimate of drug-likeness (QED) is 0.808. The molecule has 0 spiro atoms. The van der Waals surface area contributed by atoms with Gasteiger partial charge < -0.3 is 4.90 Å². The van der Waals surface area contributed by atoms with Gasteiger partial charge in [0.05, 0.1) is 0 Å². The van der Waals surface area contributed by atoms with Gasteiger partial charge in [-0.3, -0.25) is 4.90 Å². The topological polar surface area (TPSA) is 6.48 Å². The van der Waals surface area contributed by atoms with Crippen LogP contribution in [0.1, 0.15) is 63.5 Å². The SMILES string of the molecule is CC(C)c1cccc(C(C)C)c1N1[C]N2CCCC(C2)C1. The van der Waals surface area contributed by atoms with Crippen molar-refractivity contribution >= 4 is 5.69 Å². The summed E-state index contributed by atoms with van der Waals surface area (Å²) in [5.41, 5.74) is 4.36. The van der Waals surface area contributed by atoms with Gasteiger partial charge in [-0.25, -0.2) is 0 Å². The first kappa shape index (κ1) is 14.9. The molecular weight excluding hydrogens is 256 g/mol. The third-order valence-corrected chi connectivity index (χ3v) is 4.83. The van der Waals surface area contributed by atoms with Crippen LogP contribution in [0.2, 0.25) is 0 Å². The molecule has 2 unspecified atom stereocenters. The molecule has 1 aromatic carbocycles. The van der Waals surface area contributed by atoms with E-state index in [1.165, 1.54) is 42.7 Å². The summed E-state index contributed by atoms with van der Waals surface area (Å²) in [6, 6.07) is 6.82. The number of benzene rings is 1. The third-order valence-electron chi connectivity index (χ3n) is 4.83. The van der Waals surface area contributed by atoms with Gasteiger partial charge >= 0.3 is 0 Å². The summed E-state index contributed by atoms with van der Waals surface area (Å²) < 4.78 is 0. The monoisotopic (exact) mass is 284 g/mol. The Labute approximate surface area is 130 Å². The zero-order valence-electron chi connectivity index (χ0n) is 13.9. The van der Waals surface area contributed by atoms with E-state index in [0.29, 0.717) is 11.8 Å². The Hall–Kier alpha value is -1.02. The summed E-state index contributed by atoms with van der Waals surface area (Å²) in [5, 5.41) is 0. The highest BCUT2D eigenvalue weighted by Crippen LogP contribution is 2.39. The Bertz CT molecular complexity index is 454. The highest BCUT2D eigenvalue weighted by molar-refractivity contribution is 5.63. The van der Waals surface area contributed by atoms with Gasteiger partial charge in [0.15, 0.2) is 6.67 Å². The average molecular weight is 284 g/mol. The maximum Gasteiger partial charge on any atom is 0.177 e. The van der Waals surface area contributed by atoms with E-state index >= 15 is 0 Å². The Morgan fingerprint density at radius 2 is 1.71 bits per heavy atom. The predicted molar refractivity (Wildman–Crippen MR) is 89.5 cm³/mol. The van der Waals surface area contributed by atoms with Crippen molar-refractivity contribution in [3.05, 3.63) is 36.0 Å². The number of fused-ring (bicyclic) bond motifs is 2. The van der Waals surface area contributed by atoms with Crippen LogP contribution in [-0.4, -0.2) is 24.5 Å². The largest absolute Gasteiger partial charge is 0.346 e. The van der Waals surface area contributed by atoms with E-state index in [-0.39, 0.29) is 0 Å². The van der Waals surface area contributed by atoms with Crippen molar-refractivity contribution in [2.45, 2.75) is 52.4 Å². The fourth-order valence-electron chi connectivity index (χ4n) is 3.74. The minimum Gasteiger partial charge on any atom is -0.346 e. The fourth-order valence-corrected chi connectivity index (χ4v) is 3.74. The predicted octanol–water partition coefficient (Wildman–Crippen LogP) is 4.46. The van der Waals surface area contributed by atoms with Crippen LogP contribution in [-0.2, 0) is 0 Å². The van der Waals surface area contributed by atoms with E-state index in [9.17, 15) is 0 Å². The van der Waals surface area contributed by atoms with E-state index in [0.717, 1.165) is 12.5 Å². The molecule has 2 fully saturated rings. The molecule has 114 valence electrons. The van der Waals surface area contributed by atoms with Crippen LogP contribution in [0.3, 0.4) is 0 Å². The van der Waals surface area contributed by atoms with E-state index in [4.69, 9.17) is 0 Å². The van der Waals surface area contributed by atoms with Crippen molar-refractivity contribution < 1.29 is 0 Å². The molecule has 0 amide bonds. The fraction of sp³-hybridized carbons (Fsp3) is 0.632. The summed E-state index contributed by atoms with van der Waals surface area (Å²) in [5.74, 6) is 1.91. The maximum atomic E-state index is 3.66. The lowest BCUT2D eigenvalue weighted by Gasteiger charge is -2.44. The Balaban J connectivity index is 1.99. The summed E-state index contributed by atoms with van der Waals surface area (Å²) in [7, 11) is 0. The Morgan fingerprint density at radius 1 is 1.05 bits per heavy atom. The van der Waals surface area contributed by atoms with E-state index in [2.05, 4.69) is 62.4 Å². The van der Waals surface area contributed by atoms with Crippen LogP contribution < -0.4 is 4.90 Å². The van der Waals surface area contributed by atoms with Crippen LogP contribution in [0.15, 0.2) is 18.2 Å². The van der Waals surface area contributed by atoms with Crippen molar-refractivity contribution in [1.29, 1.82) is 0 Å². The lowest BCUT2D eigenvalue weighted by atomic mass is 9.89. The van der Waals surface area contributed by atoms with Gasteiger partial charge in [0.2, 0.25) is 0 Å². The van der Waals surface area contributed by atoms with Crippen molar-refractivity contribution in [3.8, 4) is 0 Å². The number of hydrogen-bond donors (Lipinski definition) is 0. The van der Waals surface area contributed by atoms with E-state index in [1.54, 1.807) is 0 Å². The van der Waals surface area contributed by atoms with Crippen molar-refractivity contribution in [1.82, 2.24) is 4.90 Å². The molecule has 2 atom stereocenters. The summed E-state index contributed by atoms with van der Waals surface area (Å²) >= 11 is 0. The molecule has 1 aromatic rings. The zero-order valence-corrected chi connectivity index (χ0v) is 13.9. The molecule has 2 bridgehead atoms. The number of para-hydroxylation sites is 1. The van der Waals surface area contributed by atoms with Gasteiger partial charge in [0.1, 0.15) is 0 Å². The molecular formula is C19H28N2. The van der Waals surface area contributed by atoms with Crippen LogP contribution in [0.5, 0.6) is 0 Å². The molecule has 2 heterocycles. The van der Waals surface area contributed by atoms with Gasteiger partial charge in [0.25, 0.3) is 0 Å². The molecule has 2 nitrogen and oxygen atoms in total. The molecule has 2 aliphatic rings. The number of piperidine rings is 1. The minimum absolute atomic E-state index is 0.553. The lowest BCUT2D eigenvalue weighted by Crippen LogP contribution is -2.49. The zero-order chi connectivity index (χ0) is 15.0. The first-order valence-electron chi connectivity index (χ1n) is 8.48. The molecule has 0 aromatic heterocycles. The van der Waals surface area contributed by atoms with Crippen LogP contribution >= 0.6 is 0 Å². The summed E-state index contributed by atoms with van der Waals surface area (Å²) in [6.45, 7) is 16.4. The molecule has 3 rings (SSSR count). The third kappa shape index (κ3) is 2.96. The minimum atomic E-state index is 0.553. The van der Waals surface area contributed by atoms with E-state index < -0.39 is 0 Å². The summed E-state index contributed by atoms with van der Waals surface area (Å²) in [4.78, 5) is 4.83. The standard InChI is InChI=1S/C19H28N2/c1-14(2)17-8-5-9-18(15(3)4)19(17)21-12-16-7-6-10-20(11-16)13-21/h5,8-9,14-16H,6-7,10-12H2,1-4H3. The molecule has 2 radical (unpaired) electrons. The molecule has 0 saturated carbocycles. The molecule has 21 heavy (non-hydrogen) atoms.